The number of esters is 1. The van der Waals surface area contributed by atoms with Crippen LogP contribution in [0, 0.1) is 17.2 Å². The highest BCUT2D eigenvalue weighted by Crippen LogP contribution is 2.34. The first-order valence-corrected chi connectivity index (χ1v) is 4.98. The van der Waals surface area contributed by atoms with E-state index in [1.807, 2.05) is 30.3 Å². The highest BCUT2D eigenvalue weighted by molar-refractivity contribution is 5.77. The highest BCUT2D eigenvalue weighted by atomic mass is 16.6. The number of hydrogen-bond donors (Lipinski definition) is 0. The number of ether oxygens (including phenoxy) is 2. The molecule has 82 valence electrons. The third-order valence-electron chi connectivity index (χ3n) is 2.61. The van der Waals surface area contributed by atoms with Gasteiger partial charge in [0.1, 0.15) is 17.8 Å². The number of carbonyl (C=O) groups excluding carboxylic acids is 1. The third kappa shape index (κ3) is 1.84. The minimum Gasteiger partial charge on any atom is -0.497 e. The fourth-order valence-corrected chi connectivity index (χ4v) is 1.73. The predicted molar refractivity (Wildman–Crippen MR) is 55.5 cm³/mol. The summed E-state index contributed by atoms with van der Waals surface area (Å²) in [7, 11) is 1.58. The van der Waals surface area contributed by atoms with Gasteiger partial charge in [0.05, 0.1) is 13.2 Å². The number of rotatable bonds is 2. The standard InChI is InChI=1S/C12H11NO3/c1-15-10-4-2-3-8(5-10)11-6-9(7-13)12(14)16-11/h2-5,9,11H,6H2,1H3. The maximum atomic E-state index is 11.3. The van der Waals surface area contributed by atoms with E-state index in [0.29, 0.717) is 12.2 Å². The van der Waals surface area contributed by atoms with Gasteiger partial charge in [-0.15, -0.1) is 0 Å². The van der Waals surface area contributed by atoms with Crippen molar-refractivity contribution in [2.45, 2.75) is 12.5 Å². The summed E-state index contributed by atoms with van der Waals surface area (Å²) in [6.07, 6.45) is 0.0925. The fraction of sp³-hybridized carbons (Fsp3) is 0.333. The summed E-state index contributed by atoms with van der Waals surface area (Å²) in [5.41, 5.74) is 0.866. The van der Waals surface area contributed by atoms with Gasteiger partial charge < -0.3 is 9.47 Å². The zero-order valence-corrected chi connectivity index (χ0v) is 8.84. The number of benzene rings is 1. The average Bonchev–Trinajstić information content (AvgIpc) is 2.71. The number of nitrogens with zero attached hydrogens (tertiary/aromatic N) is 1. The number of carbonyl (C=O) groups is 1. The second-order valence-electron chi connectivity index (χ2n) is 3.62. The second-order valence-corrected chi connectivity index (χ2v) is 3.62. The summed E-state index contributed by atoms with van der Waals surface area (Å²) in [4.78, 5) is 11.3. The second kappa shape index (κ2) is 4.23. The molecule has 2 rings (SSSR count). The van der Waals surface area contributed by atoms with Gasteiger partial charge in [0.25, 0.3) is 0 Å². The van der Waals surface area contributed by atoms with E-state index in [4.69, 9.17) is 14.7 Å². The van der Waals surface area contributed by atoms with Crippen LogP contribution in [0.1, 0.15) is 18.1 Å². The topological polar surface area (TPSA) is 59.3 Å². The highest BCUT2D eigenvalue weighted by Gasteiger charge is 2.35. The number of nitriles is 1. The maximum absolute atomic E-state index is 11.3. The SMILES string of the molecule is COc1cccc(C2CC(C#N)C(=O)O2)c1. The molecule has 0 spiro atoms. The first-order chi connectivity index (χ1) is 7.74. The van der Waals surface area contributed by atoms with Crippen molar-refractivity contribution in [2.24, 2.45) is 5.92 Å². The van der Waals surface area contributed by atoms with Crippen LogP contribution in [0.15, 0.2) is 24.3 Å². The maximum Gasteiger partial charge on any atom is 0.324 e. The van der Waals surface area contributed by atoms with Gasteiger partial charge in [0, 0.05) is 6.42 Å². The quantitative estimate of drug-likeness (QED) is 0.709. The molecule has 2 unspecified atom stereocenters. The van der Waals surface area contributed by atoms with Crippen LogP contribution < -0.4 is 4.74 Å². The molecule has 0 bridgehead atoms. The molecular formula is C12H11NO3. The minimum atomic E-state index is -0.642. The largest absolute Gasteiger partial charge is 0.497 e. The van der Waals surface area contributed by atoms with Crippen molar-refractivity contribution in [2.75, 3.05) is 7.11 Å². The lowest BCUT2D eigenvalue weighted by Crippen LogP contribution is -2.03. The van der Waals surface area contributed by atoms with Crippen LogP contribution in [0.5, 0.6) is 5.75 Å². The van der Waals surface area contributed by atoms with Gasteiger partial charge >= 0.3 is 5.97 Å². The number of cyclic esters (lactones) is 1. The van der Waals surface area contributed by atoms with Crippen LogP contribution in [-0.2, 0) is 9.53 Å². The van der Waals surface area contributed by atoms with E-state index in [9.17, 15) is 4.79 Å². The molecule has 0 radical (unpaired) electrons. The van der Waals surface area contributed by atoms with Crippen LogP contribution in [0.2, 0.25) is 0 Å². The number of methoxy groups -OCH3 is 1. The molecule has 4 heteroatoms. The molecule has 1 aromatic carbocycles. The molecule has 1 fully saturated rings. The summed E-state index contributed by atoms with van der Waals surface area (Å²) >= 11 is 0. The smallest absolute Gasteiger partial charge is 0.324 e. The Morgan fingerprint density at radius 2 is 2.38 bits per heavy atom. The summed E-state index contributed by atoms with van der Waals surface area (Å²) in [5, 5.41) is 8.73. The van der Waals surface area contributed by atoms with Crippen molar-refractivity contribution in [3.63, 3.8) is 0 Å². The normalized spacial score (nSPS) is 23.6. The molecule has 16 heavy (non-hydrogen) atoms. The predicted octanol–water partition coefficient (Wildman–Crippen LogP) is 1.82. The van der Waals surface area contributed by atoms with Crippen molar-refractivity contribution in [1.82, 2.24) is 0 Å². The van der Waals surface area contributed by atoms with Crippen LogP contribution in [-0.4, -0.2) is 13.1 Å². The zero-order chi connectivity index (χ0) is 11.5. The first kappa shape index (κ1) is 10.5. The van der Waals surface area contributed by atoms with Gasteiger partial charge in [-0.05, 0) is 17.7 Å². The summed E-state index contributed by atoms with van der Waals surface area (Å²) < 4.78 is 10.2. The van der Waals surface area contributed by atoms with Gasteiger partial charge in [-0.1, -0.05) is 12.1 Å². The molecule has 1 heterocycles. The Balaban J connectivity index is 2.20. The molecule has 0 amide bonds. The molecule has 4 nitrogen and oxygen atoms in total. The van der Waals surface area contributed by atoms with Gasteiger partial charge in [-0.25, -0.2) is 0 Å². The van der Waals surface area contributed by atoms with Crippen molar-refractivity contribution >= 4 is 5.97 Å². The van der Waals surface area contributed by atoms with Crippen molar-refractivity contribution in [1.29, 1.82) is 5.26 Å². The molecule has 1 aromatic rings. The first-order valence-electron chi connectivity index (χ1n) is 4.98. The average molecular weight is 217 g/mol. The Kier molecular flexibility index (Phi) is 2.78. The van der Waals surface area contributed by atoms with Gasteiger partial charge in [0.15, 0.2) is 0 Å². The Morgan fingerprint density at radius 3 is 3.00 bits per heavy atom. The van der Waals surface area contributed by atoms with E-state index in [-0.39, 0.29) is 6.10 Å². The molecule has 0 N–H and O–H groups in total. The van der Waals surface area contributed by atoms with E-state index < -0.39 is 11.9 Å². The molecule has 0 aromatic heterocycles. The minimum absolute atomic E-state index is 0.327. The van der Waals surface area contributed by atoms with E-state index >= 15 is 0 Å². The Hall–Kier alpha value is -2.02. The summed E-state index contributed by atoms with van der Waals surface area (Å²) in [5.74, 6) is -0.361. The Morgan fingerprint density at radius 1 is 1.56 bits per heavy atom. The van der Waals surface area contributed by atoms with Crippen molar-refractivity contribution in [3.05, 3.63) is 29.8 Å². The molecule has 0 saturated carbocycles. The van der Waals surface area contributed by atoms with Crippen molar-refractivity contribution < 1.29 is 14.3 Å². The lowest BCUT2D eigenvalue weighted by Gasteiger charge is -2.10. The zero-order valence-electron chi connectivity index (χ0n) is 8.84. The van der Waals surface area contributed by atoms with Crippen LogP contribution >= 0.6 is 0 Å². The molecule has 1 aliphatic heterocycles. The number of hydrogen-bond acceptors (Lipinski definition) is 4. The van der Waals surface area contributed by atoms with E-state index in [2.05, 4.69) is 0 Å². The summed E-state index contributed by atoms with van der Waals surface area (Å²) in [6, 6.07) is 9.27. The molecule has 1 aliphatic rings. The van der Waals surface area contributed by atoms with Crippen LogP contribution in [0.3, 0.4) is 0 Å². The summed E-state index contributed by atoms with van der Waals surface area (Å²) in [6.45, 7) is 0. The molecule has 2 atom stereocenters. The fourth-order valence-electron chi connectivity index (χ4n) is 1.73. The third-order valence-corrected chi connectivity index (χ3v) is 2.61. The lowest BCUT2D eigenvalue weighted by molar-refractivity contribution is -0.143. The van der Waals surface area contributed by atoms with E-state index in [1.165, 1.54) is 0 Å². The lowest BCUT2D eigenvalue weighted by atomic mass is 10.0. The van der Waals surface area contributed by atoms with Crippen LogP contribution in [0.4, 0.5) is 0 Å². The molecule has 0 aliphatic carbocycles. The van der Waals surface area contributed by atoms with Gasteiger partial charge in [-0.3, -0.25) is 4.79 Å². The molecular weight excluding hydrogens is 206 g/mol. The van der Waals surface area contributed by atoms with Crippen molar-refractivity contribution in [3.8, 4) is 11.8 Å². The Labute approximate surface area is 93.4 Å². The van der Waals surface area contributed by atoms with Gasteiger partial charge in [0.2, 0.25) is 0 Å². The van der Waals surface area contributed by atoms with E-state index in [0.717, 1.165) is 5.56 Å². The van der Waals surface area contributed by atoms with Gasteiger partial charge in [-0.2, -0.15) is 5.26 Å². The monoisotopic (exact) mass is 217 g/mol. The van der Waals surface area contributed by atoms with E-state index in [1.54, 1.807) is 7.11 Å². The molecule has 1 saturated heterocycles. The van der Waals surface area contributed by atoms with Crippen LogP contribution in [0.25, 0.3) is 0 Å². The Bertz CT molecular complexity index is 450.